The Morgan fingerprint density at radius 3 is 2.42 bits per heavy atom. The summed E-state index contributed by atoms with van der Waals surface area (Å²) in [5, 5.41) is 10.3. The zero-order chi connectivity index (χ0) is 33.5. The molecule has 48 heavy (non-hydrogen) atoms. The largest absolute Gasteiger partial charge is 0.356 e. The fraction of sp³-hybridized carbons (Fsp3) is 0.459. The number of rotatable bonds is 6. The van der Waals surface area contributed by atoms with Crippen molar-refractivity contribution in [2.45, 2.75) is 84.1 Å². The molecule has 0 bridgehead atoms. The van der Waals surface area contributed by atoms with Crippen molar-refractivity contribution in [3.63, 3.8) is 0 Å². The number of nitrogens with zero attached hydrogens (tertiary/aromatic N) is 8. The van der Waals surface area contributed by atoms with Crippen molar-refractivity contribution in [3.05, 3.63) is 76.2 Å². The molecule has 2 fully saturated rings. The van der Waals surface area contributed by atoms with Crippen molar-refractivity contribution in [3.8, 4) is 11.4 Å². The second kappa shape index (κ2) is 11.1. The Balaban J connectivity index is 1.27. The molecule has 0 unspecified atom stereocenters. The molecule has 5 heterocycles. The van der Waals surface area contributed by atoms with Crippen molar-refractivity contribution in [1.29, 1.82) is 0 Å². The monoisotopic (exact) mass is 664 g/mol. The molecule has 0 N–H and O–H groups in total. The van der Waals surface area contributed by atoms with Gasteiger partial charge in [0.15, 0.2) is 5.82 Å². The van der Waals surface area contributed by atoms with Gasteiger partial charge in [-0.1, -0.05) is 37.6 Å². The maximum atomic E-state index is 13.9. The number of fused-ring (bicyclic) bond motifs is 2. The molecule has 3 aromatic heterocycles. The molecule has 2 aromatic carbocycles. The third kappa shape index (κ3) is 5.27. The van der Waals surface area contributed by atoms with Crippen LogP contribution in [0.25, 0.3) is 22.3 Å². The topological polar surface area (TPSA) is 102 Å². The molecule has 0 radical (unpaired) electrons. The fourth-order valence-electron chi connectivity index (χ4n) is 7.67. The molecular weight excluding hydrogens is 621 g/mol. The summed E-state index contributed by atoms with van der Waals surface area (Å²) in [6, 6.07) is 13.0. The lowest BCUT2D eigenvalue weighted by molar-refractivity contribution is 0.291. The van der Waals surface area contributed by atoms with Crippen molar-refractivity contribution in [2.24, 2.45) is 12.5 Å². The van der Waals surface area contributed by atoms with E-state index >= 15 is 0 Å². The van der Waals surface area contributed by atoms with E-state index in [2.05, 4.69) is 41.9 Å². The Kier molecular flexibility index (Phi) is 7.21. The first kappa shape index (κ1) is 31.0. The minimum Gasteiger partial charge on any atom is -0.356 e. The van der Waals surface area contributed by atoms with E-state index in [0.29, 0.717) is 23.0 Å². The Labute approximate surface area is 282 Å². The summed E-state index contributed by atoms with van der Waals surface area (Å²) >= 11 is 0. The van der Waals surface area contributed by atoms with Gasteiger partial charge in [0.2, 0.25) is 0 Å². The number of aromatic nitrogens is 6. The summed E-state index contributed by atoms with van der Waals surface area (Å²) in [6.45, 7) is 14.0. The zero-order valence-electron chi connectivity index (χ0n) is 28.8. The second-order valence-corrected chi connectivity index (χ2v) is 16.6. The Hall–Kier alpha value is -4.25. The van der Waals surface area contributed by atoms with Gasteiger partial charge in [0.1, 0.15) is 11.6 Å². The number of aryl methyl sites for hydroxylation is 4. The first-order chi connectivity index (χ1) is 22.9. The highest BCUT2D eigenvalue weighted by Gasteiger charge is 2.34. The maximum Gasteiger partial charge on any atom is 0.283 e. The third-order valence-electron chi connectivity index (χ3n) is 10.4. The van der Waals surface area contributed by atoms with Crippen LogP contribution in [0.3, 0.4) is 0 Å². The molecule has 2 aliphatic heterocycles. The Bertz CT molecular complexity index is 2180. The highest BCUT2D eigenvalue weighted by atomic mass is 32.2. The molecule has 5 aromatic rings. The average Bonchev–Trinajstić information content (AvgIpc) is 3.75. The zero-order valence-corrected chi connectivity index (χ0v) is 29.6. The second-order valence-electron chi connectivity index (χ2n) is 14.9. The molecule has 3 aliphatic rings. The summed E-state index contributed by atoms with van der Waals surface area (Å²) in [7, 11) is -1.87. The van der Waals surface area contributed by atoms with Crippen LogP contribution in [0.2, 0.25) is 0 Å². The van der Waals surface area contributed by atoms with Crippen LogP contribution in [0.1, 0.15) is 79.2 Å². The van der Waals surface area contributed by atoms with Crippen molar-refractivity contribution < 1.29 is 8.42 Å². The first-order valence-corrected chi connectivity index (χ1v) is 18.6. The third-order valence-corrected chi connectivity index (χ3v) is 12.0. The number of anilines is 2. The lowest BCUT2D eigenvalue weighted by atomic mass is 9.84. The normalized spacial score (nSPS) is 18.0. The van der Waals surface area contributed by atoms with Gasteiger partial charge in [0, 0.05) is 68.1 Å². The molecule has 11 heteroatoms. The molecule has 10 nitrogen and oxygen atoms in total. The number of benzene rings is 2. The van der Waals surface area contributed by atoms with E-state index in [1.165, 1.54) is 34.6 Å². The summed E-state index contributed by atoms with van der Waals surface area (Å²) in [4.78, 5) is 15.8. The van der Waals surface area contributed by atoms with E-state index in [1.54, 1.807) is 12.1 Å². The van der Waals surface area contributed by atoms with E-state index < -0.39 is 10.0 Å². The summed E-state index contributed by atoms with van der Waals surface area (Å²) in [5.41, 5.74) is 7.61. The molecule has 1 saturated carbocycles. The van der Waals surface area contributed by atoms with Gasteiger partial charge in [-0.15, -0.1) is 0 Å². The van der Waals surface area contributed by atoms with Crippen LogP contribution in [0.15, 0.2) is 47.4 Å². The van der Waals surface area contributed by atoms with Gasteiger partial charge in [0.05, 0.1) is 27.5 Å². The van der Waals surface area contributed by atoms with Crippen molar-refractivity contribution in [2.75, 3.05) is 29.4 Å². The van der Waals surface area contributed by atoms with Gasteiger partial charge < -0.3 is 9.80 Å². The number of piperidine rings is 1. The Morgan fingerprint density at radius 2 is 1.69 bits per heavy atom. The van der Waals surface area contributed by atoms with Gasteiger partial charge in [-0.25, -0.2) is 9.97 Å². The van der Waals surface area contributed by atoms with E-state index in [0.717, 1.165) is 78.4 Å². The van der Waals surface area contributed by atoms with E-state index in [9.17, 15) is 8.42 Å². The van der Waals surface area contributed by atoms with E-state index in [4.69, 9.17) is 15.1 Å². The van der Waals surface area contributed by atoms with E-state index in [-0.39, 0.29) is 10.3 Å². The smallest absolute Gasteiger partial charge is 0.283 e. The molecule has 1 aliphatic carbocycles. The van der Waals surface area contributed by atoms with Crippen molar-refractivity contribution >= 4 is 32.6 Å². The van der Waals surface area contributed by atoms with Gasteiger partial charge >= 0.3 is 0 Å². The minimum absolute atomic E-state index is 0.170. The number of hydrogen-bond donors (Lipinski definition) is 0. The quantitative estimate of drug-likeness (QED) is 0.204. The van der Waals surface area contributed by atoms with Crippen LogP contribution < -0.4 is 9.80 Å². The molecule has 0 spiro atoms. The average molecular weight is 665 g/mol. The first-order valence-electron chi connectivity index (χ1n) is 17.1. The van der Waals surface area contributed by atoms with Crippen LogP contribution in [0.4, 0.5) is 11.6 Å². The van der Waals surface area contributed by atoms with Crippen LogP contribution >= 0.6 is 0 Å². The highest BCUT2D eigenvalue weighted by molar-refractivity contribution is 7.90. The van der Waals surface area contributed by atoms with Crippen molar-refractivity contribution in [1.82, 2.24) is 28.9 Å². The van der Waals surface area contributed by atoms with Gasteiger partial charge in [0.25, 0.3) is 10.0 Å². The van der Waals surface area contributed by atoms with Crippen LogP contribution in [-0.4, -0.2) is 57.0 Å². The Morgan fingerprint density at radius 1 is 0.917 bits per heavy atom. The van der Waals surface area contributed by atoms with E-state index in [1.807, 2.05) is 49.7 Å². The van der Waals surface area contributed by atoms with Crippen LogP contribution in [0.5, 0.6) is 0 Å². The molecule has 1 saturated heterocycles. The lowest BCUT2D eigenvalue weighted by Crippen LogP contribution is -2.42. The fourth-order valence-corrected chi connectivity index (χ4v) is 8.99. The lowest BCUT2D eigenvalue weighted by Gasteiger charge is -2.41. The molecule has 250 valence electrons. The summed E-state index contributed by atoms with van der Waals surface area (Å²) in [6.07, 6.45) is 5.53. The SMILES string of the molecule is Cc1ccc(S(=O)(=O)n2nc(C)c3c(-c4nc5c(c(N6CCCC(C)(C)C6)n4)CN(c4cc(C6CC6)nn4C)CC5)c(C)ccc32)cc1. The van der Waals surface area contributed by atoms with Gasteiger partial charge in [-0.2, -0.15) is 22.7 Å². The standard InChI is InChI=1S/C37H44N8O2S/c1-23-8-13-27(14-9-23)48(46,47)45-31-15-10-24(2)33(34(31)25(3)40-45)35-38-29-16-19-43(32-20-30(26-11-12-26)41-42(32)6)21-28(29)36(39-35)44-18-7-17-37(4,5)22-44/h8-10,13-15,20,26H,7,11-12,16-19,21-22H2,1-6H3. The molecule has 0 amide bonds. The predicted octanol–water partition coefficient (Wildman–Crippen LogP) is 6.46. The van der Waals surface area contributed by atoms with Crippen LogP contribution in [-0.2, 0) is 30.0 Å². The van der Waals surface area contributed by atoms with Crippen LogP contribution in [0, 0.1) is 26.2 Å². The number of hydrogen-bond acceptors (Lipinski definition) is 8. The van der Waals surface area contributed by atoms with Gasteiger partial charge in [-0.3, -0.25) is 4.68 Å². The van der Waals surface area contributed by atoms with Gasteiger partial charge in [-0.05, 0) is 75.6 Å². The predicted molar refractivity (Wildman–Crippen MR) is 189 cm³/mol. The summed E-state index contributed by atoms with van der Waals surface area (Å²) < 4.78 is 31.0. The molecule has 8 rings (SSSR count). The molecule has 0 atom stereocenters. The minimum atomic E-state index is -3.92. The highest BCUT2D eigenvalue weighted by Crippen LogP contribution is 2.42. The molecular formula is C37H44N8O2S. The summed E-state index contributed by atoms with van der Waals surface area (Å²) in [5.74, 6) is 3.38. The maximum absolute atomic E-state index is 13.9.